The van der Waals surface area contributed by atoms with Gasteiger partial charge in [0, 0.05) is 19.3 Å². The number of unbranched alkanes of at least 4 members (excludes halogenated alkanes) is 39. The minimum Gasteiger partial charge on any atom is -0.462 e. The van der Waals surface area contributed by atoms with Crippen molar-refractivity contribution in [1.82, 2.24) is 0 Å². The third-order valence-electron chi connectivity index (χ3n) is 14.1. The number of hydrogen-bond acceptors (Lipinski definition) is 6. The third kappa shape index (κ3) is 58.3. The van der Waals surface area contributed by atoms with Crippen LogP contribution in [0.2, 0.25) is 0 Å². The number of carbonyl (C=O) groups is 3. The van der Waals surface area contributed by atoms with Crippen molar-refractivity contribution >= 4 is 17.9 Å². The van der Waals surface area contributed by atoms with Crippen LogP contribution < -0.4 is 0 Å². The molecule has 0 aromatic carbocycles. The van der Waals surface area contributed by atoms with E-state index in [2.05, 4.69) is 69.4 Å². The molecule has 6 nitrogen and oxygen atoms in total. The molecule has 6 heteroatoms. The highest BCUT2D eigenvalue weighted by Crippen LogP contribution is 2.17. The minimum atomic E-state index is -0.777. The van der Waals surface area contributed by atoms with E-state index in [4.69, 9.17) is 14.2 Å². The van der Waals surface area contributed by atoms with Crippen LogP contribution in [-0.2, 0) is 28.6 Å². The van der Waals surface area contributed by atoms with Crippen LogP contribution in [0.3, 0.4) is 0 Å². The molecule has 0 amide bonds. The Labute approximate surface area is 448 Å². The summed E-state index contributed by atoms with van der Waals surface area (Å²) < 4.78 is 16.8. The SMILES string of the molecule is CC/C=C\C/C=C\C/C=C\CCCCCCCC(=O)OC(COC(=O)CCCCCCCC)COC(=O)CCCCCCCCCCCCCCCCCCCCCCC/C=C\CCCCCCCCCC. The number of hydrogen-bond donors (Lipinski definition) is 0. The highest BCUT2D eigenvalue weighted by molar-refractivity contribution is 5.71. The summed E-state index contributed by atoms with van der Waals surface area (Å²) in [5.41, 5.74) is 0. The van der Waals surface area contributed by atoms with Gasteiger partial charge in [0.2, 0.25) is 0 Å². The van der Waals surface area contributed by atoms with E-state index in [0.717, 1.165) is 96.3 Å². The largest absolute Gasteiger partial charge is 0.462 e. The minimum absolute atomic E-state index is 0.0770. The van der Waals surface area contributed by atoms with Gasteiger partial charge in [0.1, 0.15) is 13.2 Å². The lowest BCUT2D eigenvalue weighted by Crippen LogP contribution is -2.30. The molecule has 72 heavy (non-hydrogen) atoms. The van der Waals surface area contributed by atoms with E-state index in [9.17, 15) is 14.4 Å². The molecule has 0 radical (unpaired) electrons. The Morgan fingerprint density at radius 2 is 0.542 bits per heavy atom. The number of rotatable bonds is 58. The van der Waals surface area contributed by atoms with Crippen molar-refractivity contribution in [3.63, 3.8) is 0 Å². The third-order valence-corrected chi connectivity index (χ3v) is 14.1. The zero-order valence-electron chi connectivity index (χ0n) is 48.2. The summed E-state index contributed by atoms with van der Waals surface area (Å²) in [7, 11) is 0. The summed E-state index contributed by atoms with van der Waals surface area (Å²) in [5, 5.41) is 0. The summed E-state index contributed by atoms with van der Waals surface area (Å²) in [6.07, 6.45) is 76.1. The first kappa shape index (κ1) is 69.4. The van der Waals surface area contributed by atoms with Crippen LogP contribution in [0.15, 0.2) is 48.6 Å². The summed E-state index contributed by atoms with van der Waals surface area (Å²) in [6, 6.07) is 0. The Balaban J connectivity index is 3.92. The molecule has 0 spiro atoms. The molecular formula is C66H120O6. The van der Waals surface area contributed by atoms with Gasteiger partial charge in [-0.1, -0.05) is 288 Å². The van der Waals surface area contributed by atoms with Crippen molar-refractivity contribution in [2.45, 2.75) is 341 Å². The van der Waals surface area contributed by atoms with Gasteiger partial charge in [-0.2, -0.15) is 0 Å². The fourth-order valence-corrected chi connectivity index (χ4v) is 9.34. The molecule has 0 saturated heterocycles. The normalized spacial score (nSPS) is 12.3. The number of ether oxygens (including phenoxy) is 3. The van der Waals surface area contributed by atoms with Crippen LogP contribution >= 0.6 is 0 Å². The van der Waals surface area contributed by atoms with Gasteiger partial charge in [-0.05, 0) is 77.0 Å². The summed E-state index contributed by atoms with van der Waals surface area (Å²) in [5.74, 6) is -0.890. The van der Waals surface area contributed by atoms with E-state index in [1.807, 2.05) is 0 Å². The lowest BCUT2D eigenvalue weighted by Gasteiger charge is -2.18. The van der Waals surface area contributed by atoms with Gasteiger partial charge in [0.25, 0.3) is 0 Å². The highest BCUT2D eigenvalue weighted by atomic mass is 16.6. The first-order valence-electron chi connectivity index (χ1n) is 31.6. The Morgan fingerprint density at radius 3 is 0.861 bits per heavy atom. The lowest BCUT2D eigenvalue weighted by atomic mass is 10.0. The van der Waals surface area contributed by atoms with Gasteiger partial charge >= 0.3 is 17.9 Å². The maximum absolute atomic E-state index is 12.8. The molecule has 0 heterocycles. The second-order valence-electron chi connectivity index (χ2n) is 21.3. The molecule has 0 aliphatic heterocycles. The molecule has 0 saturated carbocycles. The van der Waals surface area contributed by atoms with Crippen molar-refractivity contribution in [3.05, 3.63) is 48.6 Å². The first-order chi connectivity index (χ1) is 35.5. The van der Waals surface area contributed by atoms with Crippen LogP contribution in [0.1, 0.15) is 335 Å². The Hall–Kier alpha value is -2.63. The zero-order valence-corrected chi connectivity index (χ0v) is 48.2. The number of allylic oxidation sites excluding steroid dienone is 8. The molecule has 0 aromatic rings. The quantitative estimate of drug-likeness (QED) is 0.0261. The van der Waals surface area contributed by atoms with Crippen LogP contribution in [0, 0.1) is 0 Å². The molecule has 0 bridgehead atoms. The average molecular weight is 1010 g/mol. The Bertz CT molecular complexity index is 1250. The second-order valence-corrected chi connectivity index (χ2v) is 21.3. The monoisotopic (exact) mass is 1010 g/mol. The van der Waals surface area contributed by atoms with Crippen molar-refractivity contribution in [3.8, 4) is 0 Å². The van der Waals surface area contributed by atoms with Gasteiger partial charge in [0.15, 0.2) is 6.10 Å². The van der Waals surface area contributed by atoms with Crippen LogP contribution in [0.4, 0.5) is 0 Å². The average Bonchev–Trinajstić information content (AvgIpc) is 3.38. The molecule has 0 aliphatic carbocycles. The predicted molar refractivity (Wildman–Crippen MR) is 312 cm³/mol. The van der Waals surface area contributed by atoms with Gasteiger partial charge < -0.3 is 14.2 Å². The van der Waals surface area contributed by atoms with Crippen molar-refractivity contribution < 1.29 is 28.6 Å². The molecule has 0 rings (SSSR count). The fourth-order valence-electron chi connectivity index (χ4n) is 9.34. The van der Waals surface area contributed by atoms with Crippen molar-refractivity contribution in [2.75, 3.05) is 13.2 Å². The van der Waals surface area contributed by atoms with Crippen molar-refractivity contribution in [1.29, 1.82) is 0 Å². The van der Waals surface area contributed by atoms with Crippen LogP contribution in [0.25, 0.3) is 0 Å². The number of esters is 3. The molecule has 420 valence electrons. The zero-order chi connectivity index (χ0) is 52.2. The predicted octanol–water partition coefficient (Wildman–Crippen LogP) is 21.4. The molecular weight excluding hydrogens is 889 g/mol. The van der Waals surface area contributed by atoms with E-state index >= 15 is 0 Å². The summed E-state index contributed by atoms with van der Waals surface area (Å²) >= 11 is 0. The molecule has 0 aliphatic rings. The van der Waals surface area contributed by atoms with Crippen LogP contribution in [0.5, 0.6) is 0 Å². The summed E-state index contributed by atoms with van der Waals surface area (Å²) in [6.45, 7) is 6.49. The van der Waals surface area contributed by atoms with E-state index in [0.29, 0.717) is 19.3 Å². The van der Waals surface area contributed by atoms with Crippen molar-refractivity contribution in [2.24, 2.45) is 0 Å². The fraction of sp³-hybridized carbons (Fsp3) is 0.833. The summed E-state index contributed by atoms with van der Waals surface area (Å²) in [4.78, 5) is 37.9. The van der Waals surface area contributed by atoms with E-state index in [-0.39, 0.29) is 31.1 Å². The van der Waals surface area contributed by atoms with Gasteiger partial charge in [-0.3, -0.25) is 14.4 Å². The van der Waals surface area contributed by atoms with Gasteiger partial charge in [0.05, 0.1) is 0 Å². The van der Waals surface area contributed by atoms with Gasteiger partial charge in [-0.25, -0.2) is 0 Å². The topological polar surface area (TPSA) is 78.9 Å². The molecule has 0 fully saturated rings. The molecule has 0 N–H and O–H groups in total. The maximum atomic E-state index is 12.8. The van der Waals surface area contributed by atoms with Crippen LogP contribution in [-0.4, -0.2) is 37.2 Å². The molecule has 0 aromatic heterocycles. The molecule has 1 unspecified atom stereocenters. The first-order valence-corrected chi connectivity index (χ1v) is 31.6. The van der Waals surface area contributed by atoms with Gasteiger partial charge in [-0.15, -0.1) is 0 Å². The highest BCUT2D eigenvalue weighted by Gasteiger charge is 2.19. The van der Waals surface area contributed by atoms with E-state index in [1.54, 1.807) is 0 Å². The smallest absolute Gasteiger partial charge is 0.306 e. The Morgan fingerprint density at radius 1 is 0.292 bits per heavy atom. The lowest BCUT2D eigenvalue weighted by molar-refractivity contribution is -0.167. The maximum Gasteiger partial charge on any atom is 0.306 e. The molecule has 1 atom stereocenters. The second kappa shape index (κ2) is 60.9. The standard InChI is InChI=1S/C66H120O6/c1-4-7-10-13-16-18-20-22-24-25-26-27-28-29-30-31-32-33-34-35-36-37-38-39-40-41-43-44-46-48-50-53-56-59-65(68)71-62-63(61-70-64(67)58-55-52-15-12-9-6-3)72-66(69)60-57-54-51-49-47-45-42-23-21-19-17-14-11-8-5-2/h8,11,17,19,23,25-26,42,63H,4-7,9-10,12-16,18,20-22,24,27-41,43-62H2,1-3H3/b11-8-,19-17-,26-25-,42-23-. The Kier molecular flexibility index (Phi) is 58.7. The van der Waals surface area contributed by atoms with E-state index in [1.165, 1.54) is 199 Å². The van der Waals surface area contributed by atoms with E-state index < -0.39 is 6.10 Å². The number of carbonyl (C=O) groups excluding carboxylic acids is 3.